The lowest BCUT2D eigenvalue weighted by atomic mass is 10.1. The molecule has 2 heterocycles. The van der Waals surface area contributed by atoms with Gasteiger partial charge in [-0.05, 0) is 37.6 Å². The molecule has 0 radical (unpaired) electrons. The molecule has 0 saturated carbocycles. The molecule has 1 fully saturated rings. The monoisotopic (exact) mass is 217 g/mol. The first-order chi connectivity index (χ1) is 7.84. The average molecular weight is 217 g/mol. The average Bonchev–Trinajstić information content (AvgIpc) is 2.90. The third kappa shape index (κ3) is 1.55. The fourth-order valence-corrected chi connectivity index (χ4v) is 2.35. The Labute approximate surface area is 93.9 Å². The topological polar surface area (TPSA) is 50.1 Å². The van der Waals surface area contributed by atoms with Crippen molar-refractivity contribution in [3.05, 3.63) is 24.4 Å². The number of aromatic nitrogens is 2. The van der Waals surface area contributed by atoms with E-state index in [4.69, 9.17) is 0 Å². The number of benzene rings is 1. The first-order valence-corrected chi connectivity index (χ1v) is 5.69. The molecule has 0 amide bonds. The molecular formula is C12H15N3O. The predicted octanol–water partition coefficient (Wildman–Crippen LogP) is 1.35. The molecule has 16 heavy (non-hydrogen) atoms. The quantitative estimate of drug-likeness (QED) is 0.798. The standard InChI is InChI=1S/C12H15N3O/c16-12-3-1-2-11-10(12)7-14-15(11)8-9-4-5-13-6-9/h1-3,7,9,13,16H,4-6,8H2. The van der Waals surface area contributed by atoms with Crippen molar-refractivity contribution in [2.75, 3.05) is 13.1 Å². The molecule has 1 aromatic carbocycles. The number of hydrogen-bond donors (Lipinski definition) is 2. The molecule has 1 unspecified atom stereocenters. The molecule has 0 spiro atoms. The summed E-state index contributed by atoms with van der Waals surface area (Å²) in [5.41, 5.74) is 1.02. The summed E-state index contributed by atoms with van der Waals surface area (Å²) in [7, 11) is 0. The molecule has 1 aromatic heterocycles. The molecule has 1 atom stereocenters. The van der Waals surface area contributed by atoms with E-state index in [-0.39, 0.29) is 0 Å². The summed E-state index contributed by atoms with van der Waals surface area (Å²) in [5.74, 6) is 0.971. The van der Waals surface area contributed by atoms with Gasteiger partial charge in [0.25, 0.3) is 0 Å². The number of phenols is 1. The summed E-state index contributed by atoms with van der Waals surface area (Å²) < 4.78 is 1.99. The van der Waals surface area contributed by atoms with Crippen LogP contribution >= 0.6 is 0 Å². The smallest absolute Gasteiger partial charge is 0.126 e. The van der Waals surface area contributed by atoms with E-state index in [0.717, 1.165) is 30.5 Å². The lowest BCUT2D eigenvalue weighted by molar-refractivity contribution is 0.459. The maximum absolute atomic E-state index is 9.68. The van der Waals surface area contributed by atoms with Gasteiger partial charge in [0, 0.05) is 6.54 Å². The van der Waals surface area contributed by atoms with Gasteiger partial charge in [-0.1, -0.05) is 6.07 Å². The third-order valence-electron chi connectivity index (χ3n) is 3.26. The third-order valence-corrected chi connectivity index (χ3v) is 3.26. The molecule has 4 heteroatoms. The molecule has 3 rings (SSSR count). The maximum Gasteiger partial charge on any atom is 0.126 e. The minimum atomic E-state index is 0.313. The Morgan fingerprint density at radius 1 is 1.50 bits per heavy atom. The van der Waals surface area contributed by atoms with Gasteiger partial charge in [0.15, 0.2) is 0 Å². The lowest BCUT2D eigenvalue weighted by Gasteiger charge is -2.09. The second kappa shape index (κ2) is 3.79. The Morgan fingerprint density at radius 2 is 2.44 bits per heavy atom. The van der Waals surface area contributed by atoms with E-state index in [0.29, 0.717) is 11.7 Å². The van der Waals surface area contributed by atoms with Crippen molar-refractivity contribution in [3.8, 4) is 5.75 Å². The maximum atomic E-state index is 9.68. The Hall–Kier alpha value is -1.55. The molecule has 1 saturated heterocycles. The van der Waals surface area contributed by atoms with Crippen molar-refractivity contribution in [3.63, 3.8) is 0 Å². The Kier molecular flexibility index (Phi) is 2.29. The van der Waals surface area contributed by atoms with Gasteiger partial charge in [-0.15, -0.1) is 0 Å². The number of nitrogens with zero attached hydrogens (tertiary/aromatic N) is 2. The predicted molar refractivity (Wildman–Crippen MR) is 62.4 cm³/mol. The van der Waals surface area contributed by atoms with Crippen LogP contribution in [0.25, 0.3) is 10.9 Å². The number of rotatable bonds is 2. The van der Waals surface area contributed by atoms with Gasteiger partial charge in [-0.2, -0.15) is 5.10 Å². The fourth-order valence-electron chi connectivity index (χ4n) is 2.35. The van der Waals surface area contributed by atoms with E-state index < -0.39 is 0 Å². The molecule has 2 N–H and O–H groups in total. The highest BCUT2D eigenvalue weighted by Crippen LogP contribution is 2.24. The summed E-state index contributed by atoms with van der Waals surface area (Å²) in [6, 6.07) is 5.57. The van der Waals surface area contributed by atoms with Gasteiger partial charge in [-0.3, -0.25) is 4.68 Å². The second-order valence-electron chi connectivity index (χ2n) is 4.40. The van der Waals surface area contributed by atoms with Gasteiger partial charge in [0.05, 0.1) is 17.1 Å². The summed E-state index contributed by atoms with van der Waals surface area (Å²) in [6.45, 7) is 3.11. The van der Waals surface area contributed by atoms with Gasteiger partial charge in [0.1, 0.15) is 5.75 Å². The molecular weight excluding hydrogens is 202 g/mol. The largest absolute Gasteiger partial charge is 0.507 e. The van der Waals surface area contributed by atoms with E-state index in [1.54, 1.807) is 12.3 Å². The highest BCUT2D eigenvalue weighted by Gasteiger charge is 2.16. The van der Waals surface area contributed by atoms with E-state index in [9.17, 15) is 5.11 Å². The minimum absolute atomic E-state index is 0.313. The Morgan fingerprint density at radius 3 is 3.25 bits per heavy atom. The van der Waals surface area contributed by atoms with Crippen LogP contribution in [-0.4, -0.2) is 28.0 Å². The first-order valence-electron chi connectivity index (χ1n) is 5.69. The van der Waals surface area contributed by atoms with Crippen molar-refractivity contribution < 1.29 is 5.11 Å². The van der Waals surface area contributed by atoms with Crippen LogP contribution in [0.4, 0.5) is 0 Å². The molecule has 1 aliphatic rings. The number of phenolic OH excluding ortho intramolecular Hbond substituents is 1. The van der Waals surface area contributed by atoms with Crippen LogP contribution in [-0.2, 0) is 6.54 Å². The summed E-state index contributed by atoms with van der Waals surface area (Å²) in [5, 5.41) is 18.2. The fraction of sp³-hybridized carbons (Fsp3) is 0.417. The Bertz CT molecular complexity index is 500. The van der Waals surface area contributed by atoms with Crippen molar-refractivity contribution in [2.45, 2.75) is 13.0 Å². The molecule has 2 aromatic rings. The first kappa shape index (κ1) is 9.66. The Balaban J connectivity index is 1.94. The number of nitrogens with one attached hydrogen (secondary N) is 1. The zero-order valence-electron chi connectivity index (χ0n) is 9.06. The zero-order valence-corrected chi connectivity index (χ0v) is 9.06. The molecule has 84 valence electrons. The molecule has 0 bridgehead atoms. The van der Waals surface area contributed by atoms with Gasteiger partial charge in [-0.25, -0.2) is 0 Å². The summed E-state index contributed by atoms with van der Waals surface area (Å²) in [4.78, 5) is 0. The van der Waals surface area contributed by atoms with Crippen LogP contribution in [0.5, 0.6) is 5.75 Å². The van der Waals surface area contributed by atoms with E-state index in [2.05, 4.69) is 10.4 Å². The van der Waals surface area contributed by atoms with Crippen LogP contribution in [0.15, 0.2) is 24.4 Å². The SMILES string of the molecule is Oc1cccc2c1cnn2CC1CCNC1. The van der Waals surface area contributed by atoms with Crippen LogP contribution in [0, 0.1) is 5.92 Å². The highest BCUT2D eigenvalue weighted by molar-refractivity contribution is 5.84. The number of hydrogen-bond acceptors (Lipinski definition) is 3. The second-order valence-corrected chi connectivity index (χ2v) is 4.40. The van der Waals surface area contributed by atoms with Gasteiger partial charge < -0.3 is 10.4 Å². The van der Waals surface area contributed by atoms with Crippen molar-refractivity contribution >= 4 is 10.9 Å². The van der Waals surface area contributed by atoms with Crippen LogP contribution < -0.4 is 5.32 Å². The lowest BCUT2D eigenvalue weighted by Crippen LogP contribution is -2.15. The number of aromatic hydroxyl groups is 1. The summed E-state index contributed by atoms with van der Waals surface area (Å²) in [6.07, 6.45) is 2.95. The van der Waals surface area contributed by atoms with Crippen LogP contribution in [0.1, 0.15) is 6.42 Å². The molecule has 4 nitrogen and oxygen atoms in total. The minimum Gasteiger partial charge on any atom is -0.507 e. The van der Waals surface area contributed by atoms with Crippen molar-refractivity contribution in [1.82, 2.24) is 15.1 Å². The highest BCUT2D eigenvalue weighted by atomic mass is 16.3. The van der Waals surface area contributed by atoms with Gasteiger partial charge >= 0.3 is 0 Å². The zero-order chi connectivity index (χ0) is 11.0. The van der Waals surface area contributed by atoms with E-state index in [1.165, 1.54) is 6.42 Å². The van der Waals surface area contributed by atoms with Crippen LogP contribution in [0.2, 0.25) is 0 Å². The number of fused-ring (bicyclic) bond motifs is 1. The van der Waals surface area contributed by atoms with Crippen molar-refractivity contribution in [1.29, 1.82) is 0 Å². The molecule has 0 aliphatic carbocycles. The van der Waals surface area contributed by atoms with Crippen LogP contribution in [0.3, 0.4) is 0 Å². The van der Waals surface area contributed by atoms with E-state index >= 15 is 0 Å². The summed E-state index contributed by atoms with van der Waals surface area (Å²) >= 11 is 0. The van der Waals surface area contributed by atoms with Crippen molar-refractivity contribution in [2.24, 2.45) is 5.92 Å². The molecule has 1 aliphatic heterocycles. The van der Waals surface area contributed by atoms with E-state index in [1.807, 2.05) is 16.8 Å². The normalized spacial score (nSPS) is 20.6. The van der Waals surface area contributed by atoms with Gasteiger partial charge in [0.2, 0.25) is 0 Å².